The Balaban J connectivity index is 1.83. The van der Waals surface area contributed by atoms with Gasteiger partial charge in [0.05, 0.1) is 28.1 Å². The van der Waals surface area contributed by atoms with Gasteiger partial charge < -0.3 is 5.32 Å². The molecule has 0 radical (unpaired) electrons. The van der Waals surface area contributed by atoms with Gasteiger partial charge in [-0.1, -0.05) is 12.1 Å². The molecular weight excluding hydrogens is 416 g/mol. The number of benzene rings is 1. The highest BCUT2D eigenvalue weighted by molar-refractivity contribution is 7.91. The zero-order valence-electron chi connectivity index (χ0n) is 15.8. The molecule has 1 atom stereocenters. The van der Waals surface area contributed by atoms with Crippen molar-refractivity contribution in [3.05, 3.63) is 54.2 Å². The van der Waals surface area contributed by atoms with E-state index < -0.39 is 25.8 Å². The lowest BCUT2D eigenvalue weighted by atomic mass is 10.2. The summed E-state index contributed by atoms with van der Waals surface area (Å²) in [5.74, 6) is -0.0956. The van der Waals surface area contributed by atoms with Crippen molar-refractivity contribution in [2.24, 2.45) is 0 Å². The molecule has 156 valence electrons. The molecule has 1 aliphatic heterocycles. The Kier molecular flexibility index (Phi) is 5.92. The zero-order valence-corrected chi connectivity index (χ0v) is 17.5. The van der Waals surface area contributed by atoms with E-state index >= 15 is 0 Å². The fourth-order valence-electron chi connectivity index (χ4n) is 3.10. The third-order valence-corrected chi connectivity index (χ3v) is 7.65. The maximum Gasteiger partial charge on any atom is 0.256 e. The average Bonchev–Trinajstić information content (AvgIpc) is 3.21. The Morgan fingerprint density at radius 3 is 2.79 bits per heavy atom. The van der Waals surface area contributed by atoms with E-state index in [0.717, 1.165) is 0 Å². The molecule has 2 N–H and O–H groups in total. The minimum Gasteiger partial charge on any atom is -0.307 e. The lowest BCUT2D eigenvalue weighted by Crippen LogP contribution is -2.24. The van der Waals surface area contributed by atoms with E-state index in [-0.39, 0.29) is 34.6 Å². The molecule has 0 spiro atoms. The number of sulfonamides is 1. The summed E-state index contributed by atoms with van der Waals surface area (Å²) in [4.78, 5) is 12.7. The Hall–Kier alpha value is -2.50. The second-order valence-corrected chi connectivity index (χ2v) is 10.8. The van der Waals surface area contributed by atoms with Crippen LogP contribution in [0.2, 0.25) is 0 Å². The first-order valence-electron chi connectivity index (χ1n) is 8.90. The van der Waals surface area contributed by atoms with Gasteiger partial charge in [-0.05, 0) is 31.5 Å². The number of nitrogens with one attached hydrogen (secondary N) is 2. The van der Waals surface area contributed by atoms with Gasteiger partial charge in [0, 0.05) is 18.2 Å². The highest BCUT2D eigenvalue weighted by atomic mass is 32.2. The van der Waals surface area contributed by atoms with E-state index in [0.29, 0.717) is 17.9 Å². The van der Waals surface area contributed by atoms with Crippen molar-refractivity contribution in [2.45, 2.75) is 24.3 Å². The van der Waals surface area contributed by atoms with Crippen molar-refractivity contribution < 1.29 is 21.6 Å². The van der Waals surface area contributed by atoms with Crippen LogP contribution in [0.4, 0.5) is 5.82 Å². The van der Waals surface area contributed by atoms with Crippen molar-refractivity contribution >= 4 is 31.6 Å². The van der Waals surface area contributed by atoms with Crippen LogP contribution in [-0.2, 0) is 19.9 Å². The summed E-state index contributed by atoms with van der Waals surface area (Å²) in [6.07, 6.45) is 1.84. The first-order chi connectivity index (χ1) is 13.6. The smallest absolute Gasteiger partial charge is 0.256 e. The Morgan fingerprint density at radius 2 is 2.14 bits per heavy atom. The Bertz CT molecular complexity index is 1150. The number of amides is 1. The lowest BCUT2D eigenvalue weighted by Gasteiger charge is -2.14. The van der Waals surface area contributed by atoms with Crippen LogP contribution < -0.4 is 10.0 Å². The van der Waals surface area contributed by atoms with Crippen LogP contribution >= 0.6 is 0 Å². The van der Waals surface area contributed by atoms with Crippen LogP contribution in [0.5, 0.6) is 0 Å². The molecule has 1 saturated heterocycles. The highest BCUT2D eigenvalue weighted by Crippen LogP contribution is 2.27. The average molecular weight is 439 g/mol. The largest absolute Gasteiger partial charge is 0.307 e. The molecule has 2 heterocycles. The van der Waals surface area contributed by atoms with Gasteiger partial charge in [0.25, 0.3) is 5.91 Å². The molecule has 0 aliphatic carbocycles. The number of sulfone groups is 1. The fourth-order valence-corrected chi connectivity index (χ4v) is 5.84. The van der Waals surface area contributed by atoms with E-state index in [1.165, 1.54) is 35.0 Å². The van der Waals surface area contributed by atoms with Gasteiger partial charge >= 0.3 is 0 Å². The van der Waals surface area contributed by atoms with Crippen molar-refractivity contribution in [2.75, 3.05) is 23.4 Å². The van der Waals surface area contributed by atoms with Crippen molar-refractivity contribution in [1.29, 1.82) is 0 Å². The molecule has 11 heteroatoms. The second-order valence-electron chi connectivity index (χ2n) is 6.79. The zero-order chi connectivity index (χ0) is 21.2. The van der Waals surface area contributed by atoms with E-state index in [1.807, 2.05) is 0 Å². The highest BCUT2D eigenvalue weighted by Gasteiger charge is 2.31. The van der Waals surface area contributed by atoms with Crippen LogP contribution in [-0.4, -0.2) is 50.6 Å². The number of hydrogen-bond acceptors (Lipinski definition) is 6. The monoisotopic (exact) mass is 438 g/mol. The van der Waals surface area contributed by atoms with E-state index in [9.17, 15) is 21.6 Å². The Morgan fingerprint density at radius 1 is 1.38 bits per heavy atom. The summed E-state index contributed by atoms with van der Waals surface area (Å²) < 4.78 is 51.9. The summed E-state index contributed by atoms with van der Waals surface area (Å²) >= 11 is 0. The third-order valence-electron chi connectivity index (χ3n) is 4.48. The van der Waals surface area contributed by atoms with Gasteiger partial charge in [0.2, 0.25) is 10.0 Å². The topological polar surface area (TPSA) is 127 Å². The molecule has 0 unspecified atom stereocenters. The van der Waals surface area contributed by atoms with E-state index in [2.05, 4.69) is 21.7 Å². The summed E-state index contributed by atoms with van der Waals surface area (Å²) in [6, 6.07) is 6.93. The molecule has 2 aromatic rings. The molecule has 0 saturated carbocycles. The van der Waals surface area contributed by atoms with Gasteiger partial charge in [-0.2, -0.15) is 5.10 Å². The second kappa shape index (κ2) is 8.09. The molecule has 1 amide bonds. The minimum absolute atomic E-state index is 0.0281. The molecule has 9 nitrogen and oxygen atoms in total. The first kappa shape index (κ1) is 21.2. The normalized spacial score (nSPS) is 18.4. The van der Waals surface area contributed by atoms with Crippen molar-refractivity contribution in [1.82, 2.24) is 14.5 Å². The number of anilines is 1. The predicted molar refractivity (Wildman–Crippen MR) is 109 cm³/mol. The van der Waals surface area contributed by atoms with Gasteiger partial charge in [-0.15, -0.1) is 6.58 Å². The van der Waals surface area contributed by atoms with Crippen LogP contribution in [0.1, 0.15) is 28.5 Å². The number of rotatable bonds is 7. The number of hydrogen-bond donors (Lipinski definition) is 2. The first-order valence-corrected chi connectivity index (χ1v) is 12.2. The van der Waals surface area contributed by atoms with Gasteiger partial charge in [0.15, 0.2) is 9.84 Å². The standard InChI is InChI=1S/C18H22N4O5S2/c1-3-8-19-29(26,27)16-6-4-5-14(11-16)18(23)20-17-10-13(2)21-22(17)15-7-9-28(24,25)12-15/h3-6,10-11,15,19H,1,7-9,12H2,2H3,(H,20,23)/t15-/m1/s1. The Labute approximate surface area is 169 Å². The maximum atomic E-state index is 12.7. The van der Waals surface area contributed by atoms with Gasteiger partial charge in [-0.3, -0.25) is 4.79 Å². The molecular formula is C18H22N4O5S2. The molecule has 1 aliphatic rings. The maximum absolute atomic E-state index is 12.7. The molecule has 1 aromatic heterocycles. The number of carbonyl (C=O) groups is 1. The predicted octanol–water partition coefficient (Wildman–Crippen LogP) is 1.27. The van der Waals surface area contributed by atoms with Gasteiger partial charge in [0.1, 0.15) is 5.82 Å². The summed E-state index contributed by atoms with van der Waals surface area (Å²) in [7, 11) is -6.88. The number of nitrogens with zero attached hydrogens (tertiary/aromatic N) is 2. The van der Waals surface area contributed by atoms with Crippen LogP contribution in [0, 0.1) is 6.92 Å². The molecule has 1 fully saturated rings. The molecule has 1 aromatic carbocycles. The van der Waals surface area contributed by atoms with Gasteiger partial charge in [-0.25, -0.2) is 26.2 Å². The molecule has 0 bridgehead atoms. The minimum atomic E-state index is -3.77. The van der Waals surface area contributed by atoms with Crippen molar-refractivity contribution in [3.63, 3.8) is 0 Å². The third kappa shape index (κ3) is 4.92. The van der Waals surface area contributed by atoms with Crippen LogP contribution in [0.25, 0.3) is 0 Å². The van der Waals surface area contributed by atoms with E-state index in [4.69, 9.17) is 0 Å². The SMILES string of the molecule is C=CCNS(=O)(=O)c1cccc(C(=O)Nc2cc(C)nn2[C@@H]2CCS(=O)(=O)C2)c1. The summed E-state index contributed by atoms with van der Waals surface area (Å²) in [6.45, 7) is 5.28. The molecule has 29 heavy (non-hydrogen) atoms. The fraction of sp³-hybridized carbons (Fsp3) is 0.333. The van der Waals surface area contributed by atoms with Crippen LogP contribution in [0.3, 0.4) is 0 Å². The summed E-state index contributed by atoms with van der Waals surface area (Å²) in [5.41, 5.74) is 0.783. The molecule has 3 rings (SSSR count). The van der Waals surface area contributed by atoms with E-state index in [1.54, 1.807) is 13.0 Å². The number of aryl methyl sites for hydroxylation is 1. The summed E-state index contributed by atoms with van der Waals surface area (Å²) in [5, 5.41) is 7.03. The lowest BCUT2D eigenvalue weighted by molar-refractivity contribution is 0.102. The van der Waals surface area contributed by atoms with Crippen LogP contribution in [0.15, 0.2) is 47.9 Å². The number of carbonyl (C=O) groups excluding carboxylic acids is 1. The van der Waals surface area contributed by atoms with Crippen molar-refractivity contribution in [3.8, 4) is 0 Å². The number of aromatic nitrogens is 2. The quantitative estimate of drug-likeness (QED) is 0.627.